The van der Waals surface area contributed by atoms with Crippen LogP contribution in [0.2, 0.25) is 0 Å². The van der Waals surface area contributed by atoms with E-state index in [9.17, 15) is 8.42 Å². The Balaban J connectivity index is 1.49. The highest BCUT2D eigenvalue weighted by atomic mass is 32.2. The van der Waals surface area contributed by atoms with E-state index >= 15 is 0 Å². The van der Waals surface area contributed by atoms with Gasteiger partial charge in [-0.3, -0.25) is 4.99 Å². The third-order valence-corrected chi connectivity index (χ3v) is 5.89. The van der Waals surface area contributed by atoms with Crippen molar-refractivity contribution in [2.24, 2.45) is 4.99 Å². The lowest BCUT2D eigenvalue weighted by Crippen LogP contribution is -2.40. The molecule has 6 nitrogen and oxygen atoms in total. The van der Waals surface area contributed by atoms with E-state index in [-0.39, 0.29) is 10.9 Å². The molecule has 7 heteroatoms. The molecule has 3 rings (SSSR count). The van der Waals surface area contributed by atoms with Crippen LogP contribution >= 0.6 is 0 Å². The van der Waals surface area contributed by atoms with E-state index in [1.165, 1.54) is 22.6 Å². The van der Waals surface area contributed by atoms with Crippen LogP contribution in [0.1, 0.15) is 18.5 Å². The fraction of sp³-hybridized carbons (Fsp3) is 0.261. The number of guanidine groups is 1. The van der Waals surface area contributed by atoms with Crippen LogP contribution < -0.4 is 15.4 Å². The molecule has 3 aromatic carbocycles. The Kier molecular flexibility index (Phi) is 6.95. The van der Waals surface area contributed by atoms with E-state index in [1.807, 2.05) is 12.1 Å². The molecule has 3 aromatic rings. The molecule has 1 atom stereocenters. The zero-order chi connectivity index (χ0) is 21.6. The molecular weight excluding hydrogens is 398 g/mol. The number of fused-ring (bicyclic) bond motifs is 1. The second-order valence-corrected chi connectivity index (χ2v) is 9.08. The quantitative estimate of drug-likeness (QED) is 0.344. The lowest BCUT2D eigenvalue weighted by molar-refractivity contribution is 0.321. The second-order valence-electron chi connectivity index (χ2n) is 7.06. The molecule has 0 aromatic heterocycles. The van der Waals surface area contributed by atoms with Crippen LogP contribution in [0.3, 0.4) is 0 Å². The zero-order valence-electron chi connectivity index (χ0n) is 17.4. The van der Waals surface area contributed by atoms with Crippen molar-refractivity contribution in [3.63, 3.8) is 0 Å². The summed E-state index contributed by atoms with van der Waals surface area (Å²) in [6.07, 6.45) is 1.18. The van der Waals surface area contributed by atoms with Gasteiger partial charge in [-0.15, -0.1) is 0 Å². The number of ether oxygens (including phenoxy) is 1. The van der Waals surface area contributed by atoms with Crippen LogP contribution in [0.5, 0.6) is 5.75 Å². The van der Waals surface area contributed by atoms with Crippen molar-refractivity contribution in [1.29, 1.82) is 0 Å². The van der Waals surface area contributed by atoms with Gasteiger partial charge in [0.25, 0.3) is 0 Å². The maximum Gasteiger partial charge on any atom is 0.191 e. The van der Waals surface area contributed by atoms with Crippen LogP contribution in [0, 0.1) is 0 Å². The SMILES string of the molecule is CN=C(NCCOc1ccc(S(C)(=O)=O)cc1)NC(C)c1ccc2ccccc2c1. The Morgan fingerprint density at radius 2 is 1.73 bits per heavy atom. The summed E-state index contributed by atoms with van der Waals surface area (Å²) in [6, 6.07) is 21.2. The predicted molar refractivity (Wildman–Crippen MR) is 122 cm³/mol. The van der Waals surface area contributed by atoms with E-state index in [2.05, 4.69) is 52.9 Å². The molecule has 2 N–H and O–H groups in total. The first-order valence-electron chi connectivity index (χ1n) is 9.75. The van der Waals surface area contributed by atoms with Crippen LogP contribution in [-0.2, 0) is 9.84 Å². The van der Waals surface area contributed by atoms with Crippen LogP contribution in [-0.4, -0.2) is 40.8 Å². The first kappa shape index (κ1) is 21.6. The molecule has 0 bridgehead atoms. The minimum absolute atomic E-state index is 0.0882. The Bertz CT molecular complexity index is 1130. The molecular formula is C23H27N3O3S. The molecule has 0 saturated carbocycles. The van der Waals surface area contributed by atoms with Gasteiger partial charge in [-0.25, -0.2) is 8.42 Å². The highest BCUT2D eigenvalue weighted by molar-refractivity contribution is 7.90. The Morgan fingerprint density at radius 1 is 1.03 bits per heavy atom. The molecule has 0 fully saturated rings. The van der Waals surface area contributed by atoms with Gasteiger partial charge < -0.3 is 15.4 Å². The molecule has 30 heavy (non-hydrogen) atoms. The smallest absolute Gasteiger partial charge is 0.191 e. The molecule has 0 aliphatic rings. The van der Waals surface area contributed by atoms with Gasteiger partial charge in [-0.2, -0.15) is 0 Å². The van der Waals surface area contributed by atoms with Crippen LogP contribution in [0.15, 0.2) is 76.6 Å². The minimum Gasteiger partial charge on any atom is -0.492 e. The fourth-order valence-electron chi connectivity index (χ4n) is 3.08. The average molecular weight is 426 g/mol. The van der Waals surface area contributed by atoms with Crippen molar-refractivity contribution < 1.29 is 13.2 Å². The Morgan fingerprint density at radius 3 is 2.40 bits per heavy atom. The summed E-state index contributed by atoms with van der Waals surface area (Å²) in [7, 11) is -1.47. The summed E-state index contributed by atoms with van der Waals surface area (Å²) in [5.74, 6) is 1.31. The summed E-state index contributed by atoms with van der Waals surface area (Å²) in [4.78, 5) is 4.55. The summed E-state index contributed by atoms with van der Waals surface area (Å²) < 4.78 is 28.7. The number of rotatable bonds is 7. The standard InChI is InChI=1S/C23H27N3O3S/c1-17(19-9-8-18-6-4-5-7-20(18)16-19)26-23(24-2)25-14-15-29-21-10-12-22(13-11-21)30(3,27)28/h4-13,16-17H,14-15H2,1-3H3,(H2,24,25,26). The third kappa shape index (κ3) is 5.73. The monoisotopic (exact) mass is 425 g/mol. The van der Waals surface area contributed by atoms with Gasteiger partial charge in [0.15, 0.2) is 15.8 Å². The van der Waals surface area contributed by atoms with Crippen molar-refractivity contribution >= 4 is 26.6 Å². The Labute approximate surface area is 177 Å². The molecule has 0 heterocycles. The van der Waals surface area contributed by atoms with Crippen LogP contribution in [0.4, 0.5) is 0 Å². The zero-order valence-corrected chi connectivity index (χ0v) is 18.2. The summed E-state index contributed by atoms with van der Waals surface area (Å²) in [5.41, 5.74) is 1.18. The lowest BCUT2D eigenvalue weighted by Gasteiger charge is -2.19. The minimum atomic E-state index is -3.20. The van der Waals surface area contributed by atoms with Gasteiger partial charge in [0.05, 0.1) is 17.5 Å². The van der Waals surface area contributed by atoms with Gasteiger partial charge in [-0.05, 0) is 53.6 Å². The van der Waals surface area contributed by atoms with Gasteiger partial charge in [0, 0.05) is 13.3 Å². The normalized spacial score (nSPS) is 13.1. The molecule has 0 aliphatic heterocycles. The van der Waals surface area contributed by atoms with E-state index in [1.54, 1.807) is 31.3 Å². The molecule has 158 valence electrons. The molecule has 1 unspecified atom stereocenters. The van der Waals surface area contributed by atoms with Crippen LogP contribution in [0.25, 0.3) is 10.8 Å². The molecule has 0 spiro atoms. The van der Waals surface area contributed by atoms with E-state index < -0.39 is 9.84 Å². The summed E-state index contributed by atoms with van der Waals surface area (Å²) in [6.45, 7) is 3.07. The van der Waals surface area contributed by atoms with E-state index in [4.69, 9.17) is 4.74 Å². The number of hydrogen-bond donors (Lipinski definition) is 2. The molecule has 0 radical (unpaired) electrons. The number of nitrogens with one attached hydrogen (secondary N) is 2. The number of benzene rings is 3. The maximum absolute atomic E-state index is 11.5. The molecule has 0 aliphatic carbocycles. The lowest BCUT2D eigenvalue weighted by atomic mass is 10.0. The van der Waals surface area contributed by atoms with E-state index in [0.717, 1.165) is 0 Å². The topological polar surface area (TPSA) is 79.8 Å². The van der Waals surface area contributed by atoms with Crippen molar-refractivity contribution in [2.45, 2.75) is 17.9 Å². The number of sulfone groups is 1. The van der Waals surface area contributed by atoms with Gasteiger partial charge in [0.1, 0.15) is 12.4 Å². The van der Waals surface area contributed by atoms with Gasteiger partial charge in [0.2, 0.25) is 0 Å². The number of hydrogen-bond acceptors (Lipinski definition) is 4. The highest BCUT2D eigenvalue weighted by Gasteiger charge is 2.09. The van der Waals surface area contributed by atoms with Crippen molar-refractivity contribution in [3.05, 3.63) is 72.3 Å². The number of aliphatic imine (C=N–C) groups is 1. The predicted octanol–water partition coefficient (Wildman–Crippen LogP) is 3.55. The molecule has 0 saturated heterocycles. The first-order valence-corrected chi connectivity index (χ1v) is 11.6. The van der Waals surface area contributed by atoms with Gasteiger partial charge in [-0.1, -0.05) is 36.4 Å². The second kappa shape index (κ2) is 9.63. The van der Waals surface area contributed by atoms with Crippen molar-refractivity contribution in [2.75, 3.05) is 26.5 Å². The Hall–Kier alpha value is -3.06. The average Bonchev–Trinajstić information content (AvgIpc) is 2.75. The summed E-state index contributed by atoms with van der Waals surface area (Å²) >= 11 is 0. The summed E-state index contributed by atoms with van der Waals surface area (Å²) in [5, 5.41) is 9.05. The fourth-order valence-corrected chi connectivity index (χ4v) is 3.71. The van der Waals surface area contributed by atoms with Gasteiger partial charge >= 0.3 is 0 Å². The van der Waals surface area contributed by atoms with Crippen molar-refractivity contribution in [3.8, 4) is 5.75 Å². The van der Waals surface area contributed by atoms with Crippen molar-refractivity contribution in [1.82, 2.24) is 10.6 Å². The maximum atomic E-state index is 11.5. The number of nitrogens with zero attached hydrogens (tertiary/aromatic N) is 1. The van der Waals surface area contributed by atoms with E-state index in [0.29, 0.717) is 24.9 Å². The largest absolute Gasteiger partial charge is 0.492 e. The third-order valence-electron chi connectivity index (χ3n) is 4.77. The molecule has 0 amide bonds. The first-order chi connectivity index (χ1) is 14.4. The highest BCUT2D eigenvalue weighted by Crippen LogP contribution is 2.20.